The van der Waals surface area contributed by atoms with E-state index in [9.17, 15) is 0 Å². The van der Waals surface area contributed by atoms with Gasteiger partial charge in [0.1, 0.15) is 0 Å². The number of para-hydroxylation sites is 2. The van der Waals surface area contributed by atoms with Gasteiger partial charge in [0.2, 0.25) is 5.95 Å². The maximum absolute atomic E-state index is 5.30. The first kappa shape index (κ1) is 39.1. The third-order valence-corrected chi connectivity index (χ3v) is 13.0. The van der Waals surface area contributed by atoms with Crippen LogP contribution in [0.3, 0.4) is 0 Å². The van der Waals surface area contributed by atoms with E-state index in [0.29, 0.717) is 17.6 Å². The van der Waals surface area contributed by atoms with Crippen molar-refractivity contribution in [3.8, 4) is 79.2 Å². The summed E-state index contributed by atoms with van der Waals surface area (Å²) in [6.07, 6.45) is 0. The molecule has 0 bridgehead atoms. The summed E-state index contributed by atoms with van der Waals surface area (Å²) in [6.45, 7) is 0. The van der Waals surface area contributed by atoms with Crippen molar-refractivity contribution in [3.05, 3.63) is 243 Å². The van der Waals surface area contributed by atoms with Crippen molar-refractivity contribution in [2.45, 2.75) is 0 Å². The molecule has 4 heterocycles. The first-order chi connectivity index (χ1) is 33.7. The van der Waals surface area contributed by atoms with Crippen molar-refractivity contribution in [1.82, 2.24) is 29.1 Å². The first-order valence-electron chi connectivity index (χ1n) is 22.9. The molecule has 0 aliphatic carbocycles. The molecule has 0 amide bonds. The molecule has 13 rings (SSSR count). The molecule has 0 spiro atoms. The Balaban J connectivity index is 0.986. The summed E-state index contributed by atoms with van der Waals surface area (Å²) < 4.78 is 4.60. The molecule has 0 saturated heterocycles. The highest BCUT2D eigenvalue weighted by Crippen LogP contribution is 2.40. The van der Waals surface area contributed by atoms with E-state index in [0.717, 1.165) is 94.4 Å². The van der Waals surface area contributed by atoms with Crippen LogP contribution in [0.1, 0.15) is 0 Å². The van der Waals surface area contributed by atoms with Gasteiger partial charge in [-0.15, -0.1) is 0 Å². The van der Waals surface area contributed by atoms with E-state index in [1.54, 1.807) is 0 Å². The van der Waals surface area contributed by atoms with Crippen LogP contribution in [0, 0.1) is 0 Å². The van der Waals surface area contributed by atoms with Crippen molar-refractivity contribution in [2.75, 3.05) is 0 Å². The zero-order valence-corrected chi connectivity index (χ0v) is 36.8. The van der Waals surface area contributed by atoms with Crippen LogP contribution in [-0.2, 0) is 0 Å². The fraction of sp³-hybridized carbons (Fsp3) is 0. The highest BCUT2D eigenvalue weighted by atomic mass is 15.2. The molecule has 0 atom stereocenters. The Kier molecular flexibility index (Phi) is 9.39. The SMILES string of the molecule is c1ccc(-c2ccc(-c3nc(-c4ccccc4)nc(-n4c5ccccc5c5cc6c7ccccc7n(-c7ccc(-c8cc(-c9ccccc9)nc(-c9ccccc9)c8)cc7)c6cc54)n3)cc2)cc1. The van der Waals surface area contributed by atoms with Gasteiger partial charge in [-0.3, -0.25) is 4.57 Å². The summed E-state index contributed by atoms with van der Waals surface area (Å²) in [5, 5.41) is 4.62. The Bertz CT molecular complexity index is 3920. The monoisotopic (exact) mass is 868 g/mol. The van der Waals surface area contributed by atoms with Crippen LogP contribution in [0.15, 0.2) is 243 Å². The third kappa shape index (κ3) is 6.82. The largest absolute Gasteiger partial charge is 0.309 e. The van der Waals surface area contributed by atoms with E-state index in [-0.39, 0.29) is 0 Å². The average molecular weight is 869 g/mol. The van der Waals surface area contributed by atoms with Gasteiger partial charge in [-0.05, 0) is 70.8 Å². The Labute approximate surface area is 392 Å². The minimum absolute atomic E-state index is 0.556. The number of pyridine rings is 1. The number of hydrogen-bond donors (Lipinski definition) is 0. The molecule has 0 N–H and O–H groups in total. The summed E-state index contributed by atoms with van der Waals surface area (Å²) in [6, 6.07) is 85.2. The van der Waals surface area contributed by atoms with Crippen LogP contribution in [0.2, 0.25) is 0 Å². The molecule has 318 valence electrons. The van der Waals surface area contributed by atoms with Gasteiger partial charge >= 0.3 is 0 Å². The molecule has 0 radical (unpaired) electrons. The van der Waals surface area contributed by atoms with Crippen LogP contribution in [0.4, 0.5) is 0 Å². The zero-order valence-electron chi connectivity index (χ0n) is 36.8. The van der Waals surface area contributed by atoms with Crippen LogP contribution in [0.25, 0.3) is 123 Å². The van der Waals surface area contributed by atoms with E-state index in [1.165, 1.54) is 10.8 Å². The third-order valence-electron chi connectivity index (χ3n) is 13.0. The van der Waals surface area contributed by atoms with Crippen LogP contribution in [-0.4, -0.2) is 29.1 Å². The molecule has 9 aromatic carbocycles. The highest BCUT2D eigenvalue weighted by molar-refractivity contribution is 6.19. The number of hydrogen-bond acceptors (Lipinski definition) is 4. The predicted octanol–water partition coefficient (Wildman–Crippen LogP) is 15.5. The van der Waals surface area contributed by atoms with E-state index in [2.05, 4.69) is 215 Å². The second-order valence-corrected chi connectivity index (χ2v) is 17.1. The van der Waals surface area contributed by atoms with E-state index in [4.69, 9.17) is 19.9 Å². The Morgan fingerprint density at radius 1 is 0.235 bits per heavy atom. The van der Waals surface area contributed by atoms with Crippen molar-refractivity contribution < 1.29 is 0 Å². The molecule has 0 fully saturated rings. The average Bonchev–Trinajstić information content (AvgIpc) is 3.93. The molecule has 0 aliphatic rings. The minimum Gasteiger partial charge on any atom is -0.309 e. The van der Waals surface area contributed by atoms with Gasteiger partial charge in [0.05, 0.1) is 33.5 Å². The second-order valence-electron chi connectivity index (χ2n) is 17.1. The standard InChI is InChI=1S/C62H40N6/c1-5-17-41(18-6-1)42-29-31-47(32-30-42)61-64-60(46-23-11-4-12-24-46)65-62(66-61)68-57-28-16-14-26-51(57)53-39-52-50-25-13-15-27-56(50)67(58(52)40-59(53)68)49-35-33-43(34-36-49)48-37-54(44-19-7-2-8-20-44)63-55(38-48)45-21-9-3-10-22-45/h1-40H. The molecule has 68 heavy (non-hydrogen) atoms. The van der Waals surface area contributed by atoms with E-state index >= 15 is 0 Å². The lowest BCUT2D eigenvalue weighted by Gasteiger charge is -2.13. The lowest BCUT2D eigenvalue weighted by atomic mass is 10.00. The van der Waals surface area contributed by atoms with Gasteiger partial charge in [-0.1, -0.05) is 194 Å². The molecule has 4 aromatic heterocycles. The summed E-state index contributed by atoms with van der Waals surface area (Å²) >= 11 is 0. The van der Waals surface area contributed by atoms with Crippen LogP contribution in [0.5, 0.6) is 0 Å². The molecule has 0 saturated carbocycles. The fourth-order valence-electron chi connectivity index (χ4n) is 9.69. The van der Waals surface area contributed by atoms with Crippen molar-refractivity contribution in [3.63, 3.8) is 0 Å². The van der Waals surface area contributed by atoms with Crippen molar-refractivity contribution in [2.24, 2.45) is 0 Å². The molecular formula is C62H40N6. The number of nitrogens with zero attached hydrogens (tertiary/aromatic N) is 6. The van der Waals surface area contributed by atoms with Crippen LogP contribution < -0.4 is 0 Å². The topological polar surface area (TPSA) is 61.4 Å². The number of fused-ring (bicyclic) bond motifs is 6. The van der Waals surface area contributed by atoms with Crippen LogP contribution >= 0.6 is 0 Å². The molecule has 6 nitrogen and oxygen atoms in total. The summed E-state index contributed by atoms with van der Waals surface area (Å²) in [4.78, 5) is 20.8. The molecule has 0 aliphatic heterocycles. The molecule has 13 aromatic rings. The molecule has 0 unspecified atom stereocenters. The van der Waals surface area contributed by atoms with Gasteiger partial charge in [-0.25, -0.2) is 9.97 Å². The number of aromatic nitrogens is 6. The van der Waals surface area contributed by atoms with Gasteiger partial charge in [-0.2, -0.15) is 9.97 Å². The fourth-order valence-corrected chi connectivity index (χ4v) is 9.69. The van der Waals surface area contributed by atoms with Gasteiger partial charge in [0, 0.05) is 49.5 Å². The summed E-state index contributed by atoms with van der Waals surface area (Å²) in [7, 11) is 0. The van der Waals surface area contributed by atoms with Crippen molar-refractivity contribution in [1.29, 1.82) is 0 Å². The zero-order chi connectivity index (χ0) is 45.0. The van der Waals surface area contributed by atoms with Crippen molar-refractivity contribution >= 4 is 43.6 Å². The minimum atomic E-state index is 0.556. The smallest absolute Gasteiger partial charge is 0.238 e. The Morgan fingerprint density at radius 3 is 1.19 bits per heavy atom. The first-order valence-corrected chi connectivity index (χ1v) is 22.9. The molecular weight excluding hydrogens is 829 g/mol. The van der Waals surface area contributed by atoms with Gasteiger partial charge in [0.25, 0.3) is 0 Å². The lowest BCUT2D eigenvalue weighted by molar-refractivity contribution is 0.953. The van der Waals surface area contributed by atoms with Gasteiger partial charge < -0.3 is 4.57 Å². The predicted molar refractivity (Wildman–Crippen MR) is 279 cm³/mol. The number of rotatable bonds is 8. The quantitative estimate of drug-likeness (QED) is 0.153. The Morgan fingerprint density at radius 2 is 0.632 bits per heavy atom. The maximum atomic E-state index is 5.30. The summed E-state index contributed by atoms with van der Waals surface area (Å²) in [5.41, 5.74) is 15.7. The second kappa shape index (κ2) is 16.3. The highest BCUT2D eigenvalue weighted by Gasteiger charge is 2.21. The van der Waals surface area contributed by atoms with E-state index in [1.807, 2.05) is 36.4 Å². The number of benzene rings is 9. The summed E-state index contributed by atoms with van der Waals surface area (Å²) in [5.74, 6) is 1.77. The maximum Gasteiger partial charge on any atom is 0.238 e. The van der Waals surface area contributed by atoms with E-state index < -0.39 is 0 Å². The Hall–Kier alpha value is -9.26. The normalized spacial score (nSPS) is 11.5. The van der Waals surface area contributed by atoms with Gasteiger partial charge in [0.15, 0.2) is 11.6 Å². The molecule has 6 heteroatoms. The lowest BCUT2D eigenvalue weighted by Crippen LogP contribution is -2.06.